The number of nitrogens with one attached hydrogen (secondary N) is 2. The Hall–Kier alpha value is -1.70. The maximum absolute atomic E-state index is 12.8. The third kappa shape index (κ3) is 6.43. The number of nitrogens with zero attached hydrogens (tertiary/aromatic N) is 4. The summed E-state index contributed by atoms with van der Waals surface area (Å²) in [6.07, 6.45) is 2.62. The van der Waals surface area contributed by atoms with E-state index < -0.39 is 6.55 Å². The van der Waals surface area contributed by atoms with Gasteiger partial charge in [0, 0.05) is 44.1 Å². The van der Waals surface area contributed by atoms with Crippen molar-refractivity contribution < 1.29 is 8.78 Å². The van der Waals surface area contributed by atoms with Crippen LogP contribution in [0, 0.1) is 0 Å². The molecule has 0 saturated heterocycles. The number of halogens is 2. The lowest BCUT2D eigenvalue weighted by Gasteiger charge is -2.30. The summed E-state index contributed by atoms with van der Waals surface area (Å²) < 4.78 is 26.5. The first-order chi connectivity index (χ1) is 11.4. The molecule has 2 N–H and O–H groups in total. The molecule has 0 aliphatic carbocycles. The van der Waals surface area contributed by atoms with Crippen LogP contribution in [0.15, 0.2) is 17.4 Å². The zero-order chi connectivity index (χ0) is 18.1. The molecule has 1 aromatic heterocycles. The molecule has 0 spiro atoms. The molecule has 1 rings (SSSR count). The molecule has 0 aliphatic heterocycles. The molecule has 0 atom stereocenters. The summed E-state index contributed by atoms with van der Waals surface area (Å²) >= 11 is 0. The summed E-state index contributed by atoms with van der Waals surface area (Å²) in [5, 5.41) is 6.37. The zero-order valence-electron chi connectivity index (χ0n) is 15.3. The maximum atomic E-state index is 12.8. The lowest BCUT2D eigenvalue weighted by molar-refractivity contribution is 0.0671. The highest BCUT2D eigenvalue weighted by molar-refractivity contribution is 5.79. The molecule has 24 heavy (non-hydrogen) atoms. The number of guanidine groups is 1. The highest BCUT2D eigenvalue weighted by atomic mass is 19.3. The average Bonchev–Trinajstić information content (AvgIpc) is 2.96. The van der Waals surface area contributed by atoms with Gasteiger partial charge in [-0.15, -0.1) is 0 Å². The van der Waals surface area contributed by atoms with E-state index in [1.54, 1.807) is 0 Å². The third-order valence-electron chi connectivity index (χ3n) is 3.67. The van der Waals surface area contributed by atoms with E-state index in [0.717, 1.165) is 17.7 Å². The third-order valence-corrected chi connectivity index (χ3v) is 3.67. The minimum atomic E-state index is -2.60. The van der Waals surface area contributed by atoms with Crippen LogP contribution in [0.2, 0.25) is 0 Å². The van der Waals surface area contributed by atoms with Crippen LogP contribution in [0.1, 0.15) is 47.0 Å². The van der Waals surface area contributed by atoms with E-state index in [0.29, 0.717) is 24.6 Å². The highest BCUT2D eigenvalue weighted by Crippen LogP contribution is 2.12. The van der Waals surface area contributed by atoms with E-state index in [1.807, 2.05) is 6.92 Å². The first kappa shape index (κ1) is 20.3. The minimum Gasteiger partial charge on any atom is -0.357 e. The fourth-order valence-corrected chi connectivity index (χ4v) is 2.55. The summed E-state index contributed by atoms with van der Waals surface area (Å²) in [5.74, 6) is 0.849. The smallest absolute Gasteiger partial charge is 0.319 e. The SMILES string of the molecule is CCNC(=NCc1nccn1C(F)F)NCCN(C(C)C)C(C)C. The van der Waals surface area contributed by atoms with Crippen LogP contribution in [0.4, 0.5) is 8.78 Å². The van der Waals surface area contributed by atoms with E-state index in [-0.39, 0.29) is 12.4 Å². The number of aromatic nitrogens is 2. The number of hydrogen-bond donors (Lipinski definition) is 2. The molecule has 0 unspecified atom stereocenters. The van der Waals surface area contributed by atoms with Crippen molar-refractivity contribution in [2.24, 2.45) is 4.99 Å². The summed E-state index contributed by atoms with van der Waals surface area (Å²) in [5.41, 5.74) is 0. The first-order valence-corrected chi connectivity index (χ1v) is 8.44. The largest absolute Gasteiger partial charge is 0.357 e. The molecular formula is C16H30F2N6. The van der Waals surface area contributed by atoms with Gasteiger partial charge in [0.05, 0.1) is 0 Å². The predicted octanol–water partition coefficient (Wildman–Crippen LogP) is 2.45. The molecule has 138 valence electrons. The molecule has 1 aromatic rings. The minimum absolute atomic E-state index is 0.102. The molecule has 1 heterocycles. The molecule has 0 bridgehead atoms. The number of imidazole rings is 1. The quantitative estimate of drug-likeness (QED) is 0.534. The van der Waals surface area contributed by atoms with E-state index >= 15 is 0 Å². The molecule has 0 amide bonds. The average molecular weight is 344 g/mol. The van der Waals surface area contributed by atoms with E-state index in [4.69, 9.17) is 0 Å². The van der Waals surface area contributed by atoms with Crippen molar-refractivity contribution in [3.05, 3.63) is 18.2 Å². The van der Waals surface area contributed by atoms with Gasteiger partial charge in [-0.1, -0.05) is 0 Å². The van der Waals surface area contributed by atoms with Crippen molar-refractivity contribution in [3.63, 3.8) is 0 Å². The molecule has 0 saturated carbocycles. The Morgan fingerprint density at radius 2 is 1.92 bits per heavy atom. The van der Waals surface area contributed by atoms with E-state index in [9.17, 15) is 8.78 Å². The van der Waals surface area contributed by atoms with Crippen molar-refractivity contribution in [2.45, 2.75) is 59.8 Å². The Morgan fingerprint density at radius 3 is 2.46 bits per heavy atom. The van der Waals surface area contributed by atoms with Gasteiger partial charge in [0.1, 0.15) is 12.4 Å². The van der Waals surface area contributed by atoms with Gasteiger partial charge in [-0.3, -0.25) is 9.47 Å². The molecule has 6 nitrogen and oxygen atoms in total. The van der Waals surface area contributed by atoms with Crippen molar-refractivity contribution >= 4 is 5.96 Å². The highest BCUT2D eigenvalue weighted by Gasteiger charge is 2.13. The van der Waals surface area contributed by atoms with Crippen LogP contribution in [-0.2, 0) is 6.54 Å². The molecule has 8 heteroatoms. The Morgan fingerprint density at radius 1 is 1.25 bits per heavy atom. The topological polar surface area (TPSA) is 57.5 Å². The number of rotatable bonds is 9. The Labute approximate surface area is 143 Å². The van der Waals surface area contributed by atoms with Crippen molar-refractivity contribution in [1.82, 2.24) is 25.1 Å². The van der Waals surface area contributed by atoms with Crippen molar-refractivity contribution in [1.29, 1.82) is 0 Å². The van der Waals surface area contributed by atoms with Gasteiger partial charge >= 0.3 is 6.55 Å². The molecular weight excluding hydrogens is 314 g/mol. The van der Waals surface area contributed by atoms with Gasteiger partial charge in [-0.05, 0) is 34.6 Å². The Bertz CT molecular complexity index is 491. The molecule has 0 fully saturated rings. The second kappa shape index (κ2) is 10.2. The van der Waals surface area contributed by atoms with Crippen LogP contribution in [0.3, 0.4) is 0 Å². The zero-order valence-corrected chi connectivity index (χ0v) is 15.3. The van der Waals surface area contributed by atoms with Crippen molar-refractivity contribution in [2.75, 3.05) is 19.6 Å². The number of aliphatic imine (C=N–C) groups is 1. The summed E-state index contributed by atoms with van der Waals surface area (Å²) in [4.78, 5) is 10.7. The summed E-state index contributed by atoms with van der Waals surface area (Å²) in [6.45, 7) is 10.5. The van der Waals surface area contributed by atoms with Gasteiger partial charge in [-0.25, -0.2) is 9.98 Å². The van der Waals surface area contributed by atoms with Crippen LogP contribution in [-0.4, -0.2) is 52.1 Å². The summed E-state index contributed by atoms with van der Waals surface area (Å²) in [6, 6.07) is 0.926. The number of alkyl halides is 2. The second-order valence-corrected chi connectivity index (χ2v) is 6.08. The lowest BCUT2D eigenvalue weighted by atomic mass is 10.2. The Kier molecular flexibility index (Phi) is 8.67. The summed E-state index contributed by atoms with van der Waals surface area (Å²) in [7, 11) is 0. The fourth-order valence-electron chi connectivity index (χ4n) is 2.55. The van der Waals surface area contributed by atoms with Gasteiger partial charge in [0.25, 0.3) is 0 Å². The molecule has 0 aliphatic rings. The normalized spacial score (nSPS) is 12.7. The molecule has 0 radical (unpaired) electrons. The number of hydrogen-bond acceptors (Lipinski definition) is 3. The molecule has 0 aromatic carbocycles. The maximum Gasteiger partial charge on any atom is 0.319 e. The van der Waals surface area contributed by atoms with Crippen molar-refractivity contribution in [3.8, 4) is 0 Å². The van der Waals surface area contributed by atoms with E-state index in [1.165, 1.54) is 12.4 Å². The van der Waals surface area contributed by atoms with Crippen LogP contribution in [0.5, 0.6) is 0 Å². The van der Waals surface area contributed by atoms with Crippen LogP contribution in [0.25, 0.3) is 0 Å². The predicted molar refractivity (Wildman–Crippen MR) is 93.3 cm³/mol. The van der Waals surface area contributed by atoms with E-state index in [2.05, 4.69) is 53.2 Å². The lowest BCUT2D eigenvalue weighted by Crippen LogP contribution is -2.45. The standard InChI is InChI=1S/C16H30F2N6/c1-6-19-16(21-8-9-23(12(2)3)13(4)5)22-11-14-20-7-10-24(14)15(17)18/h7,10,12-13,15H,6,8-9,11H2,1-5H3,(H2,19,21,22). The van der Waals surface area contributed by atoms with Gasteiger partial charge in [0.2, 0.25) is 0 Å². The second-order valence-electron chi connectivity index (χ2n) is 6.08. The Balaban J connectivity index is 2.61. The fraction of sp³-hybridized carbons (Fsp3) is 0.750. The van der Waals surface area contributed by atoms with Crippen LogP contribution >= 0.6 is 0 Å². The van der Waals surface area contributed by atoms with Gasteiger partial charge in [-0.2, -0.15) is 8.78 Å². The monoisotopic (exact) mass is 344 g/mol. The van der Waals surface area contributed by atoms with Crippen LogP contribution < -0.4 is 10.6 Å². The van der Waals surface area contributed by atoms with Gasteiger partial charge in [0.15, 0.2) is 5.96 Å². The first-order valence-electron chi connectivity index (χ1n) is 8.44. The van der Waals surface area contributed by atoms with Gasteiger partial charge < -0.3 is 10.6 Å².